The van der Waals surface area contributed by atoms with Gasteiger partial charge < -0.3 is 15.4 Å². The molecule has 2 heterocycles. The second-order valence-electron chi connectivity index (χ2n) is 3.33. The highest BCUT2D eigenvalue weighted by Crippen LogP contribution is 2.12. The topological polar surface area (TPSA) is 51.4 Å². The zero-order chi connectivity index (χ0) is 9.80. The first-order valence-electron chi connectivity index (χ1n) is 4.88. The number of aromatic nitrogens is 1. The molecule has 4 nitrogen and oxygen atoms in total. The largest absolute Gasteiger partial charge is 0.378 e. The minimum Gasteiger partial charge on any atom is -0.378 e. The number of halogens is 1. The highest BCUT2D eigenvalue weighted by atomic mass is 35.5. The molecule has 15 heavy (non-hydrogen) atoms. The van der Waals surface area contributed by atoms with Gasteiger partial charge in [-0.2, -0.15) is 0 Å². The van der Waals surface area contributed by atoms with Crippen molar-refractivity contribution in [3.05, 3.63) is 23.9 Å². The van der Waals surface area contributed by atoms with Gasteiger partial charge in [-0.1, -0.05) is 6.07 Å². The summed E-state index contributed by atoms with van der Waals surface area (Å²) in [4.78, 5) is 6.59. The van der Waals surface area contributed by atoms with Crippen LogP contribution in [0.25, 0.3) is 0 Å². The summed E-state index contributed by atoms with van der Waals surface area (Å²) in [5, 5.41) is 0. The van der Waals surface area contributed by atoms with E-state index in [0.717, 1.165) is 37.7 Å². The minimum atomic E-state index is 0. The second kappa shape index (κ2) is 5.90. The van der Waals surface area contributed by atoms with Gasteiger partial charge >= 0.3 is 0 Å². The van der Waals surface area contributed by atoms with E-state index in [1.165, 1.54) is 0 Å². The molecule has 0 unspecified atom stereocenters. The minimum absolute atomic E-state index is 0. The summed E-state index contributed by atoms with van der Waals surface area (Å²) in [6, 6.07) is 4.05. The lowest BCUT2D eigenvalue weighted by Gasteiger charge is -2.27. The predicted molar refractivity (Wildman–Crippen MR) is 62.4 cm³/mol. The van der Waals surface area contributed by atoms with Crippen molar-refractivity contribution in [1.29, 1.82) is 0 Å². The van der Waals surface area contributed by atoms with Crippen molar-refractivity contribution in [1.82, 2.24) is 4.98 Å². The molecule has 2 rings (SSSR count). The fraction of sp³-hybridized carbons (Fsp3) is 0.500. The molecule has 1 aromatic rings. The van der Waals surface area contributed by atoms with Crippen LogP contribution in [-0.4, -0.2) is 31.3 Å². The molecule has 0 bridgehead atoms. The number of hydrogen-bond acceptors (Lipinski definition) is 4. The standard InChI is InChI=1S/C10H15N3O.ClH/c11-7-9-1-2-10(12-8-9)13-3-5-14-6-4-13;/h1-2,8H,3-7,11H2;1H. The normalized spacial score (nSPS) is 15.9. The van der Waals surface area contributed by atoms with E-state index >= 15 is 0 Å². The van der Waals surface area contributed by atoms with Crippen molar-refractivity contribution in [2.75, 3.05) is 31.2 Å². The Morgan fingerprint density at radius 1 is 1.33 bits per heavy atom. The summed E-state index contributed by atoms with van der Waals surface area (Å²) >= 11 is 0. The van der Waals surface area contributed by atoms with Crippen molar-refractivity contribution >= 4 is 18.2 Å². The van der Waals surface area contributed by atoms with Crippen molar-refractivity contribution in [3.8, 4) is 0 Å². The van der Waals surface area contributed by atoms with Crippen LogP contribution in [0.3, 0.4) is 0 Å². The van der Waals surface area contributed by atoms with E-state index in [-0.39, 0.29) is 12.4 Å². The number of nitrogens with two attached hydrogens (primary N) is 1. The fourth-order valence-corrected chi connectivity index (χ4v) is 1.52. The molecule has 1 fully saturated rings. The number of anilines is 1. The Labute approximate surface area is 95.8 Å². The van der Waals surface area contributed by atoms with Gasteiger partial charge in [0, 0.05) is 25.8 Å². The quantitative estimate of drug-likeness (QED) is 0.815. The van der Waals surface area contributed by atoms with Crippen LogP contribution in [0.2, 0.25) is 0 Å². The molecule has 84 valence electrons. The van der Waals surface area contributed by atoms with Crippen LogP contribution in [0, 0.1) is 0 Å². The molecule has 0 aromatic carbocycles. The average molecular weight is 230 g/mol. The second-order valence-corrected chi connectivity index (χ2v) is 3.33. The summed E-state index contributed by atoms with van der Waals surface area (Å²) in [7, 11) is 0. The van der Waals surface area contributed by atoms with Crippen LogP contribution in [-0.2, 0) is 11.3 Å². The van der Waals surface area contributed by atoms with Crippen LogP contribution in [0.1, 0.15) is 5.56 Å². The molecule has 2 N–H and O–H groups in total. The van der Waals surface area contributed by atoms with E-state index in [2.05, 4.69) is 9.88 Å². The first-order valence-corrected chi connectivity index (χ1v) is 4.88. The maximum Gasteiger partial charge on any atom is 0.128 e. The van der Waals surface area contributed by atoms with Crippen molar-refractivity contribution in [3.63, 3.8) is 0 Å². The van der Waals surface area contributed by atoms with E-state index in [4.69, 9.17) is 10.5 Å². The molecule has 1 aliphatic heterocycles. The average Bonchev–Trinajstić information content (AvgIpc) is 2.30. The third-order valence-electron chi connectivity index (χ3n) is 2.38. The first kappa shape index (κ1) is 12.2. The molecule has 1 saturated heterocycles. The summed E-state index contributed by atoms with van der Waals surface area (Å²) in [5.41, 5.74) is 6.58. The van der Waals surface area contributed by atoms with Gasteiger partial charge in [-0.25, -0.2) is 4.98 Å². The lowest BCUT2D eigenvalue weighted by atomic mass is 10.3. The molecule has 0 spiro atoms. The maximum absolute atomic E-state index is 5.50. The van der Waals surface area contributed by atoms with Gasteiger partial charge in [-0.05, 0) is 11.6 Å². The van der Waals surface area contributed by atoms with E-state index in [1.807, 2.05) is 18.3 Å². The van der Waals surface area contributed by atoms with Gasteiger partial charge in [0.2, 0.25) is 0 Å². The summed E-state index contributed by atoms with van der Waals surface area (Å²) in [6.07, 6.45) is 1.84. The summed E-state index contributed by atoms with van der Waals surface area (Å²) in [5.74, 6) is 1.02. The van der Waals surface area contributed by atoms with Gasteiger partial charge in [0.1, 0.15) is 5.82 Å². The molecule has 0 radical (unpaired) electrons. The van der Waals surface area contributed by atoms with Gasteiger partial charge in [0.25, 0.3) is 0 Å². The molecular formula is C10H16ClN3O. The zero-order valence-corrected chi connectivity index (χ0v) is 9.37. The van der Waals surface area contributed by atoms with Crippen LogP contribution in [0.15, 0.2) is 18.3 Å². The molecular weight excluding hydrogens is 214 g/mol. The number of morpholine rings is 1. The van der Waals surface area contributed by atoms with Gasteiger partial charge in [0.15, 0.2) is 0 Å². The Kier molecular flexibility index (Phi) is 4.81. The van der Waals surface area contributed by atoms with Crippen molar-refractivity contribution in [2.45, 2.75) is 6.54 Å². The SMILES string of the molecule is Cl.NCc1ccc(N2CCOCC2)nc1. The molecule has 5 heteroatoms. The van der Waals surface area contributed by atoms with Gasteiger partial charge in [-0.15, -0.1) is 12.4 Å². The number of ether oxygens (including phenoxy) is 1. The fourth-order valence-electron chi connectivity index (χ4n) is 1.52. The lowest BCUT2D eigenvalue weighted by molar-refractivity contribution is 0.122. The first-order chi connectivity index (χ1) is 6.90. The van der Waals surface area contributed by atoms with E-state index < -0.39 is 0 Å². The molecule has 0 amide bonds. The Morgan fingerprint density at radius 3 is 2.60 bits per heavy atom. The summed E-state index contributed by atoms with van der Waals surface area (Å²) < 4.78 is 5.28. The Morgan fingerprint density at radius 2 is 2.07 bits per heavy atom. The van der Waals surface area contributed by atoms with Crippen LogP contribution in [0.4, 0.5) is 5.82 Å². The Hall–Kier alpha value is -0.840. The third kappa shape index (κ3) is 3.06. The maximum atomic E-state index is 5.50. The number of pyridine rings is 1. The summed E-state index contributed by atoms with van der Waals surface area (Å²) in [6.45, 7) is 3.99. The van der Waals surface area contributed by atoms with Crippen molar-refractivity contribution < 1.29 is 4.74 Å². The zero-order valence-electron chi connectivity index (χ0n) is 8.56. The highest BCUT2D eigenvalue weighted by Gasteiger charge is 2.11. The molecule has 1 aromatic heterocycles. The molecule has 0 saturated carbocycles. The molecule has 1 aliphatic rings. The molecule has 0 aliphatic carbocycles. The predicted octanol–water partition coefficient (Wildman–Crippen LogP) is 0.799. The lowest BCUT2D eigenvalue weighted by Crippen LogP contribution is -2.36. The Bertz CT molecular complexity index is 285. The van der Waals surface area contributed by atoms with E-state index in [9.17, 15) is 0 Å². The number of nitrogens with zero attached hydrogens (tertiary/aromatic N) is 2. The van der Waals surface area contributed by atoms with Gasteiger partial charge in [-0.3, -0.25) is 0 Å². The Balaban J connectivity index is 0.00000112. The third-order valence-corrected chi connectivity index (χ3v) is 2.38. The monoisotopic (exact) mass is 229 g/mol. The van der Waals surface area contributed by atoms with Gasteiger partial charge in [0.05, 0.1) is 13.2 Å². The smallest absolute Gasteiger partial charge is 0.128 e. The number of rotatable bonds is 2. The van der Waals surface area contributed by atoms with Crippen LogP contribution < -0.4 is 10.6 Å². The van der Waals surface area contributed by atoms with Crippen molar-refractivity contribution in [2.24, 2.45) is 5.73 Å². The van der Waals surface area contributed by atoms with E-state index in [1.54, 1.807) is 0 Å². The molecule has 0 atom stereocenters. The number of hydrogen-bond donors (Lipinski definition) is 1. The highest BCUT2D eigenvalue weighted by molar-refractivity contribution is 5.85. The van der Waals surface area contributed by atoms with Crippen LogP contribution >= 0.6 is 12.4 Å². The van der Waals surface area contributed by atoms with Crippen LogP contribution in [0.5, 0.6) is 0 Å². The van der Waals surface area contributed by atoms with E-state index in [0.29, 0.717) is 6.54 Å².